The lowest BCUT2D eigenvalue weighted by Gasteiger charge is -2.05. The maximum absolute atomic E-state index is 10.8. The minimum atomic E-state index is -0.764. The van der Waals surface area contributed by atoms with E-state index in [1.807, 2.05) is 22.9 Å². The molecule has 0 spiro atoms. The van der Waals surface area contributed by atoms with Crippen molar-refractivity contribution in [3.05, 3.63) is 23.0 Å². The van der Waals surface area contributed by atoms with E-state index in [1.165, 1.54) is 0 Å². The highest BCUT2D eigenvalue weighted by Crippen LogP contribution is 2.19. The molecule has 0 bridgehead atoms. The summed E-state index contributed by atoms with van der Waals surface area (Å²) >= 11 is 1.56. The number of aromatic nitrogens is 2. The molecule has 0 aromatic carbocycles. The first kappa shape index (κ1) is 10.2. The van der Waals surface area contributed by atoms with Gasteiger partial charge in [-0.1, -0.05) is 6.92 Å². The van der Waals surface area contributed by atoms with E-state index in [4.69, 9.17) is 5.11 Å². The number of carbonyl (C=O) groups is 1. The van der Waals surface area contributed by atoms with Gasteiger partial charge in [0.2, 0.25) is 0 Å². The van der Waals surface area contributed by atoms with Crippen molar-refractivity contribution in [3.8, 4) is 0 Å². The topological polar surface area (TPSA) is 54.6 Å². The Morgan fingerprint density at radius 2 is 2.47 bits per heavy atom. The molecule has 0 fully saturated rings. The van der Waals surface area contributed by atoms with Gasteiger partial charge in [-0.2, -0.15) is 0 Å². The van der Waals surface area contributed by atoms with Crippen LogP contribution in [0.25, 0.3) is 4.96 Å². The Morgan fingerprint density at radius 1 is 1.73 bits per heavy atom. The molecule has 2 rings (SSSR count). The first-order valence-electron chi connectivity index (χ1n) is 4.73. The summed E-state index contributed by atoms with van der Waals surface area (Å²) in [5.74, 6) is -1.14. The summed E-state index contributed by atoms with van der Waals surface area (Å²) in [6.45, 7) is 3.64. The van der Waals surface area contributed by atoms with Crippen LogP contribution in [0, 0.1) is 12.8 Å². The number of thiazole rings is 1. The number of hydrogen-bond donors (Lipinski definition) is 1. The second kappa shape index (κ2) is 3.66. The molecule has 0 aliphatic rings. The van der Waals surface area contributed by atoms with Gasteiger partial charge in [0.05, 0.1) is 11.6 Å². The van der Waals surface area contributed by atoms with Crippen molar-refractivity contribution >= 4 is 22.3 Å². The molecule has 1 atom stereocenters. The van der Waals surface area contributed by atoms with Crippen molar-refractivity contribution in [1.29, 1.82) is 0 Å². The lowest BCUT2D eigenvalue weighted by molar-refractivity contribution is -0.141. The molecule has 1 unspecified atom stereocenters. The van der Waals surface area contributed by atoms with Crippen LogP contribution in [0.1, 0.15) is 18.3 Å². The third-order valence-electron chi connectivity index (χ3n) is 2.48. The smallest absolute Gasteiger partial charge is 0.306 e. The number of carboxylic acid groups (broad SMARTS) is 1. The van der Waals surface area contributed by atoms with E-state index in [0.29, 0.717) is 6.42 Å². The lowest BCUT2D eigenvalue weighted by Crippen LogP contribution is -2.13. The van der Waals surface area contributed by atoms with Gasteiger partial charge in [0.15, 0.2) is 4.96 Å². The minimum absolute atomic E-state index is 0.372. The van der Waals surface area contributed by atoms with E-state index in [2.05, 4.69) is 4.98 Å². The van der Waals surface area contributed by atoms with Crippen LogP contribution in [0.15, 0.2) is 11.6 Å². The van der Waals surface area contributed by atoms with E-state index in [-0.39, 0.29) is 5.92 Å². The Morgan fingerprint density at radius 3 is 3.13 bits per heavy atom. The Balaban J connectivity index is 2.37. The van der Waals surface area contributed by atoms with Gasteiger partial charge in [0.1, 0.15) is 0 Å². The largest absolute Gasteiger partial charge is 0.481 e. The van der Waals surface area contributed by atoms with Gasteiger partial charge in [0.25, 0.3) is 0 Å². The SMILES string of the molecule is Cc1nc2sccn2c1CC(C)C(=O)O. The first-order valence-corrected chi connectivity index (χ1v) is 5.61. The normalized spacial score (nSPS) is 13.2. The van der Waals surface area contributed by atoms with Crippen LogP contribution in [-0.4, -0.2) is 20.5 Å². The van der Waals surface area contributed by atoms with Crippen LogP contribution in [0.4, 0.5) is 0 Å². The zero-order chi connectivity index (χ0) is 11.0. The van der Waals surface area contributed by atoms with Gasteiger partial charge < -0.3 is 5.11 Å². The van der Waals surface area contributed by atoms with Crippen LogP contribution in [-0.2, 0) is 11.2 Å². The number of aliphatic carboxylic acids is 1. The summed E-state index contributed by atoms with van der Waals surface area (Å²) in [5, 5.41) is 10.8. The number of imidazole rings is 1. The van der Waals surface area contributed by atoms with Gasteiger partial charge in [-0.05, 0) is 6.92 Å². The summed E-state index contributed by atoms with van der Waals surface area (Å²) in [4.78, 5) is 16.1. The molecule has 0 aliphatic carbocycles. The molecule has 1 N–H and O–H groups in total. The third-order valence-corrected chi connectivity index (χ3v) is 3.24. The average Bonchev–Trinajstić information content (AvgIpc) is 2.69. The quantitative estimate of drug-likeness (QED) is 0.867. The lowest BCUT2D eigenvalue weighted by atomic mass is 10.1. The zero-order valence-corrected chi connectivity index (χ0v) is 9.41. The van der Waals surface area contributed by atoms with E-state index in [9.17, 15) is 4.79 Å². The molecule has 4 nitrogen and oxygen atoms in total. The number of hydrogen-bond acceptors (Lipinski definition) is 3. The van der Waals surface area contributed by atoms with Crippen LogP contribution in [0.5, 0.6) is 0 Å². The second-order valence-corrected chi connectivity index (χ2v) is 4.52. The number of rotatable bonds is 3. The summed E-state index contributed by atoms with van der Waals surface area (Å²) in [7, 11) is 0. The van der Waals surface area contributed by atoms with Crippen LogP contribution in [0.2, 0.25) is 0 Å². The molecule has 5 heteroatoms. The van der Waals surface area contributed by atoms with Gasteiger partial charge in [-0.25, -0.2) is 4.98 Å². The summed E-state index contributed by atoms with van der Waals surface area (Å²) < 4.78 is 1.97. The Bertz CT molecular complexity index is 500. The zero-order valence-electron chi connectivity index (χ0n) is 8.60. The summed E-state index contributed by atoms with van der Waals surface area (Å²) in [5.41, 5.74) is 1.93. The Hall–Kier alpha value is -1.36. The van der Waals surface area contributed by atoms with Crippen molar-refractivity contribution < 1.29 is 9.90 Å². The number of fused-ring (bicyclic) bond motifs is 1. The highest BCUT2D eigenvalue weighted by atomic mass is 32.1. The van der Waals surface area contributed by atoms with Gasteiger partial charge >= 0.3 is 5.97 Å². The Kier molecular flexibility index (Phi) is 2.48. The minimum Gasteiger partial charge on any atom is -0.481 e. The highest BCUT2D eigenvalue weighted by molar-refractivity contribution is 7.15. The van der Waals surface area contributed by atoms with E-state index in [1.54, 1.807) is 18.3 Å². The number of aryl methyl sites for hydroxylation is 1. The van der Waals surface area contributed by atoms with E-state index >= 15 is 0 Å². The molecular formula is C10H12N2O2S. The van der Waals surface area contributed by atoms with Crippen LogP contribution in [0.3, 0.4) is 0 Å². The fourth-order valence-electron chi connectivity index (χ4n) is 1.56. The molecule has 2 aromatic rings. The molecule has 2 heterocycles. The average molecular weight is 224 g/mol. The van der Waals surface area contributed by atoms with Gasteiger partial charge in [0, 0.05) is 23.7 Å². The van der Waals surface area contributed by atoms with Crippen molar-refractivity contribution in [2.75, 3.05) is 0 Å². The molecule has 2 aromatic heterocycles. The van der Waals surface area contributed by atoms with Crippen molar-refractivity contribution in [3.63, 3.8) is 0 Å². The molecule has 0 saturated carbocycles. The molecule has 0 saturated heterocycles. The first-order chi connectivity index (χ1) is 7.09. The van der Waals surface area contributed by atoms with Crippen molar-refractivity contribution in [2.45, 2.75) is 20.3 Å². The van der Waals surface area contributed by atoms with Crippen molar-refractivity contribution in [2.24, 2.45) is 5.92 Å². The van der Waals surface area contributed by atoms with Gasteiger partial charge in [-0.15, -0.1) is 11.3 Å². The Labute approximate surface area is 91.2 Å². The third kappa shape index (κ3) is 1.74. The fraction of sp³-hybridized carbons (Fsp3) is 0.400. The molecule has 0 radical (unpaired) electrons. The van der Waals surface area contributed by atoms with Gasteiger partial charge in [-0.3, -0.25) is 9.20 Å². The second-order valence-electron chi connectivity index (χ2n) is 3.64. The predicted octanol–water partition coefficient (Wildman–Crippen LogP) is 1.97. The van der Waals surface area contributed by atoms with Crippen LogP contribution < -0.4 is 0 Å². The van der Waals surface area contributed by atoms with E-state index in [0.717, 1.165) is 16.3 Å². The number of carboxylic acids is 1. The summed E-state index contributed by atoms with van der Waals surface area (Å²) in [6.07, 6.45) is 2.46. The molecule has 15 heavy (non-hydrogen) atoms. The van der Waals surface area contributed by atoms with Crippen LogP contribution >= 0.6 is 11.3 Å². The standard InChI is InChI=1S/C10H12N2O2S/c1-6(9(13)14)5-8-7(2)11-10-12(8)3-4-15-10/h3-4,6H,5H2,1-2H3,(H,13,14). The number of nitrogens with zero attached hydrogens (tertiary/aromatic N) is 2. The molecule has 80 valence electrons. The predicted molar refractivity (Wildman–Crippen MR) is 58.3 cm³/mol. The molecular weight excluding hydrogens is 212 g/mol. The molecule has 0 aliphatic heterocycles. The maximum atomic E-state index is 10.8. The monoisotopic (exact) mass is 224 g/mol. The molecule has 0 amide bonds. The maximum Gasteiger partial charge on any atom is 0.306 e. The fourth-order valence-corrected chi connectivity index (χ4v) is 2.34. The van der Waals surface area contributed by atoms with E-state index < -0.39 is 5.97 Å². The van der Waals surface area contributed by atoms with Crippen molar-refractivity contribution in [1.82, 2.24) is 9.38 Å². The summed E-state index contributed by atoms with van der Waals surface area (Å²) in [6, 6.07) is 0. The highest BCUT2D eigenvalue weighted by Gasteiger charge is 2.17.